The monoisotopic (exact) mass is 393 g/mol. The second kappa shape index (κ2) is 6.95. The second-order valence-corrected chi connectivity index (χ2v) is 6.43. The Labute approximate surface area is 155 Å². The molecule has 0 radical (unpaired) electrons. The van der Waals surface area contributed by atoms with Crippen molar-refractivity contribution in [1.82, 2.24) is 14.3 Å². The molecule has 1 saturated heterocycles. The van der Waals surface area contributed by atoms with Crippen molar-refractivity contribution >= 4 is 11.0 Å². The van der Waals surface area contributed by atoms with Crippen LogP contribution in [0.4, 0.5) is 4.39 Å². The van der Waals surface area contributed by atoms with Crippen molar-refractivity contribution in [2.45, 2.75) is 31.1 Å². The quantitative estimate of drug-likeness (QED) is 0.510. The molecule has 1 fully saturated rings. The summed E-state index contributed by atoms with van der Waals surface area (Å²) in [6, 6.07) is 4.86. The first-order chi connectivity index (χ1) is 13.4. The van der Waals surface area contributed by atoms with E-state index in [1.165, 1.54) is 12.1 Å². The third-order valence-corrected chi connectivity index (χ3v) is 4.70. The van der Waals surface area contributed by atoms with Crippen LogP contribution in [0.2, 0.25) is 0 Å². The minimum absolute atomic E-state index is 0.169. The molecule has 0 saturated carbocycles. The van der Waals surface area contributed by atoms with Crippen molar-refractivity contribution in [2.24, 2.45) is 0 Å². The smallest absolute Gasteiger partial charge is 0.333 e. The molecule has 1 aromatic carbocycles. The molecule has 1 aliphatic heterocycles. The van der Waals surface area contributed by atoms with Gasteiger partial charge in [-0.3, -0.25) is 13.9 Å². The number of hydrogen-bond donors (Lipinski definition) is 3. The van der Waals surface area contributed by atoms with Crippen LogP contribution in [0.15, 0.2) is 44.6 Å². The summed E-state index contributed by atoms with van der Waals surface area (Å²) in [6.07, 6.45) is -4.08. The van der Waals surface area contributed by atoms with Gasteiger partial charge in [0, 0.05) is 23.7 Å². The summed E-state index contributed by atoms with van der Waals surface area (Å²) in [7, 11) is 0. The predicted octanol–water partition coefficient (Wildman–Crippen LogP) is -1.05. The Hall–Kier alpha value is -2.86. The fourth-order valence-electron chi connectivity index (χ4n) is 3.21. The number of hydrogen-bond acceptors (Lipinski definition) is 8. The molecule has 28 heavy (non-hydrogen) atoms. The lowest BCUT2D eigenvalue weighted by atomic mass is 10.1. The van der Waals surface area contributed by atoms with E-state index in [-0.39, 0.29) is 17.8 Å². The van der Waals surface area contributed by atoms with Crippen LogP contribution >= 0.6 is 0 Å². The molecule has 0 aliphatic carbocycles. The van der Waals surface area contributed by atoms with Crippen molar-refractivity contribution in [3.8, 4) is 0 Å². The van der Waals surface area contributed by atoms with Crippen LogP contribution in [0.3, 0.4) is 0 Å². The van der Waals surface area contributed by atoms with E-state index >= 15 is 0 Å². The topological polar surface area (TPSA) is 140 Å². The molecule has 1 aliphatic rings. The molecule has 148 valence electrons. The first-order valence-electron chi connectivity index (χ1n) is 8.39. The van der Waals surface area contributed by atoms with E-state index in [1.807, 2.05) is 0 Å². The molecule has 10 nitrogen and oxygen atoms in total. The third kappa shape index (κ3) is 2.94. The van der Waals surface area contributed by atoms with E-state index in [0.29, 0.717) is 5.39 Å². The highest BCUT2D eigenvalue weighted by molar-refractivity contribution is 5.79. The minimum Gasteiger partial charge on any atom is -0.394 e. The highest BCUT2D eigenvalue weighted by atomic mass is 19.1. The van der Waals surface area contributed by atoms with Crippen LogP contribution in [0, 0.1) is 5.82 Å². The molecule has 3 heterocycles. The van der Waals surface area contributed by atoms with E-state index in [0.717, 1.165) is 27.5 Å². The highest BCUT2D eigenvalue weighted by Crippen LogP contribution is 2.28. The molecule has 4 rings (SSSR count). The maximum absolute atomic E-state index is 13.3. The Balaban J connectivity index is 1.73. The summed E-state index contributed by atoms with van der Waals surface area (Å²) >= 11 is 0. The van der Waals surface area contributed by atoms with Gasteiger partial charge in [0.1, 0.15) is 29.8 Å². The molecule has 0 bridgehead atoms. The van der Waals surface area contributed by atoms with Crippen LogP contribution in [0.5, 0.6) is 0 Å². The van der Waals surface area contributed by atoms with Gasteiger partial charge >= 0.3 is 5.69 Å². The van der Waals surface area contributed by atoms with E-state index in [2.05, 4.69) is 5.16 Å². The van der Waals surface area contributed by atoms with Gasteiger partial charge < -0.3 is 24.6 Å². The van der Waals surface area contributed by atoms with E-state index in [4.69, 9.17) is 9.26 Å². The van der Waals surface area contributed by atoms with Crippen molar-refractivity contribution in [2.75, 3.05) is 6.61 Å². The van der Waals surface area contributed by atoms with Crippen LogP contribution < -0.4 is 11.2 Å². The number of halogens is 1. The molecule has 0 spiro atoms. The fraction of sp³-hybridized carbons (Fsp3) is 0.353. The average Bonchev–Trinajstić information content (AvgIpc) is 3.20. The lowest BCUT2D eigenvalue weighted by Crippen LogP contribution is -2.43. The summed E-state index contributed by atoms with van der Waals surface area (Å²) in [4.78, 5) is 25.0. The average molecular weight is 393 g/mol. The number of fused-ring (bicyclic) bond motifs is 1. The number of nitrogens with zero attached hydrogens (tertiary/aromatic N) is 3. The van der Waals surface area contributed by atoms with E-state index in [9.17, 15) is 29.3 Å². The Morgan fingerprint density at radius 2 is 1.96 bits per heavy atom. The number of ether oxygens (including phenoxy) is 1. The van der Waals surface area contributed by atoms with Crippen molar-refractivity contribution in [1.29, 1.82) is 0 Å². The number of aliphatic hydroxyl groups excluding tert-OH is 3. The van der Waals surface area contributed by atoms with Crippen molar-refractivity contribution < 1.29 is 29.0 Å². The summed E-state index contributed by atoms with van der Waals surface area (Å²) in [5.74, 6) is -0.515. The summed E-state index contributed by atoms with van der Waals surface area (Å²) in [6.45, 7) is -0.809. The van der Waals surface area contributed by atoms with Gasteiger partial charge in [-0.15, -0.1) is 0 Å². The summed E-state index contributed by atoms with van der Waals surface area (Å²) < 4.78 is 25.4. The van der Waals surface area contributed by atoms with Gasteiger partial charge in [0.2, 0.25) is 0 Å². The van der Waals surface area contributed by atoms with E-state index in [1.54, 1.807) is 0 Å². The number of aromatic nitrogens is 3. The predicted molar refractivity (Wildman–Crippen MR) is 91.0 cm³/mol. The fourth-order valence-corrected chi connectivity index (χ4v) is 3.21. The van der Waals surface area contributed by atoms with Crippen molar-refractivity contribution in [3.63, 3.8) is 0 Å². The standard InChI is InChI=1S/C17H16FN3O7/c18-8-1-2-9-10(19-28-11(9)5-8)6-21-13(23)3-4-20(17(21)26)16-15(25)14(24)12(7-22)27-16/h1-5,12,14-16,22,24-25H,6-7H2/t12-,14+,15+,16-/m1/s1. The van der Waals surface area contributed by atoms with Gasteiger partial charge in [-0.25, -0.2) is 9.18 Å². The van der Waals surface area contributed by atoms with Gasteiger partial charge in [-0.1, -0.05) is 5.16 Å². The molecular weight excluding hydrogens is 377 g/mol. The van der Waals surface area contributed by atoms with Crippen LogP contribution in [-0.2, 0) is 11.3 Å². The van der Waals surface area contributed by atoms with Gasteiger partial charge in [0.25, 0.3) is 5.56 Å². The van der Waals surface area contributed by atoms with E-state index < -0.39 is 48.2 Å². The Morgan fingerprint density at radius 3 is 2.68 bits per heavy atom. The zero-order chi connectivity index (χ0) is 20.0. The largest absolute Gasteiger partial charge is 0.394 e. The first kappa shape index (κ1) is 18.5. The maximum Gasteiger partial charge on any atom is 0.333 e. The van der Waals surface area contributed by atoms with Crippen LogP contribution in [-0.4, -0.2) is 54.5 Å². The Morgan fingerprint density at radius 1 is 1.18 bits per heavy atom. The SMILES string of the molecule is O=c1ccn([C@@H]2O[C@H](CO)[C@H](O)[C@@H]2O)c(=O)n1Cc1noc2cc(F)ccc12. The second-order valence-electron chi connectivity index (χ2n) is 6.43. The number of rotatable bonds is 4. The molecule has 11 heteroatoms. The molecule has 3 N–H and O–H groups in total. The number of benzene rings is 1. The first-order valence-corrected chi connectivity index (χ1v) is 8.39. The molecule has 0 amide bonds. The molecule has 4 atom stereocenters. The van der Waals surface area contributed by atoms with Crippen molar-refractivity contribution in [3.05, 3.63) is 62.8 Å². The lowest BCUT2D eigenvalue weighted by molar-refractivity contribution is -0.0555. The van der Waals surface area contributed by atoms with Gasteiger partial charge in [-0.05, 0) is 12.1 Å². The maximum atomic E-state index is 13.3. The third-order valence-electron chi connectivity index (χ3n) is 4.70. The number of aliphatic hydroxyl groups is 3. The minimum atomic E-state index is -1.48. The van der Waals surface area contributed by atoms with Crippen LogP contribution in [0.25, 0.3) is 11.0 Å². The Bertz CT molecular complexity index is 1140. The van der Waals surface area contributed by atoms with Gasteiger partial charge in [-0.2, -0.15) is 0 Å². The highest BCUT2D eigenvalue weighted by Gasteiger charge is 2.43. The summed E-state index contributed by atoms with van der Waals surface area (Å²) in [5, 5.41) is 33.4. The van der Waals surface area contributed by atoms with Gasteiger partial charge in [0.15, 0.2) is 11.8 Å². The van der Waals surface area contributed by atoms with Gasteiger partial charge in [0.05, 0.1) is 13.2 Å². The molecule has 2 aromatic heterocycles. The molecular formula is C17H16FN3O7. The zero-order valence-electron chi connectivity index (χ0n) is 14.3. The molecule has 0 unspecified atom stereocenters. The Kier molecular flexibility index (Phi) is 4.59. The molecule has 3 aromatic rings. The normalized spacial score (nSPS) is 24.9. The lowest BCUT2D eigenvalue weighted by Gasteiger charge is -2.18. The summed E-state index contributed by atoms with van der Waals surface area (Å²) in [5.41, 5.74) is -1.04. The van der Waals surface area contributed by atoms with Crippen LogP contribution in [0.1, 0.15) is 11.9 Å². The zero-order valence-corrected chi connectivity index (χ0v) is 14.3.